The fourth-order valence-electron chi connectivity index (χ4n) is 2.53. The molecule has 0 aromatic carbocycles. The monoisotopic (exact) mass is 294 g/mol. The summed E-state index contributed by atoms with van der Waals surface area (Å²) >= 11 is 0. The van der Waals surface area contributed by atoms with E-state index in [9.17, 15) is 4.79 Å². The molecule has 6 heteroatoms. The quantitative estimate of drug-likeness (QED) is 0.909. The highest BCUT2D eigenvalue weighted by Crippen LogP contribution is 2.26. The fourth-order valence-corrected chi connectivity index (χ4v) is 2.53. The minimum Gasteiger partial charge on any atom is -0.444 e. The number of ether oxygens (including phenoxy) is 1. The number of aromatic nitrogens is 2. The predicted molar refractivity (Wildman–Crippen MR) is 81.2 cm³/mol. The maximum absolute atomic E-state index is 12.4. The average Bonchev–Trinajstić information content (AvgIpc) is 2.85. The topological polar surface area (TPSA) is 59.4 Å². The lowest BCUT2D eigenvalue weighted by molar-refractivity contribution is 0.0107. The van der Waals surface area contributed by atoms with Gasteiger partial charge in [-0.3, -0.25) is 9.58 Å². The second-order valence-corrected chi connectivity index (χ2v) is 6.69. The van der Waals surface area contributed by atoms with Crippen molar-refractivity contribution in [3.63, 3.8) is 0 Å². The molecular formula is C15H26N4O2. The van der Waals surface area contributed by atoms with Crippen LogP contribution in [0, 0.1) is 0 Å². The second kappa shape index (κ2) is 6.05. The summed E-state index contributed by atoms with van der Waals surface area (Å²) in [5.41, 5.74) is 0.563. The average molecular weight is 294 g/mol. The summed E-state index contributed by atoms with van der Waals surface area (Å²) in [4.78, 5) is 14.2. The lowest BCUT2D eigenvalue weighted by atomic mass is 10.1. The minimum absolute atomic E-state index is 0.0431. The first kappa shape index (κ1) is 15.8. The van der Waals surface area contributed by atoms with Crippen LogP contribution in [0.3, 0.4) is 0 Å². The molecule has 0 spiro atoms. The Hall–Kier alpha value is -1.56. The summed E-state index contributed by atoms with van der Waals surface area (Å²) < 4.78 is 7.50. The molecule has 1 fully saturated rings. The third-order valence-electron chi connectivity index (χ3n) is 3.40. The number of carbonyl (C=O) groups excluding carboxylic acids is 1. The largest absolute Gasteiger partial charge is 0.444 e. The molecule has 0 saturated carbocycles. The summed E-state index contributed by atoms with van der Waals surface area (Å²) in [7, 11) is 0. The first-order valence-corrected chi connectivity index (χ1v) is 7.53. The lowest BCUT2D eigenvalue weighted by Gasteiger charge is -2.37. The Morgan fingerprint density at radius 3 is 2.81 bits per heavy atom. The Morgan fingerprint density at radius 1 is 1.48 bits per heavy atom. The molecule has 1 N–H and O–H groups in total. The number of hydrogen-bond acceptors (Lipinski definition) is 4. The molecule has 21 heavy (non-hydrogen) atoms. The standard InChI is InChI=1S/C15H26N4O2/c1-11(2)19-12(6-7-17-19)13-10-16-8-9-18(13)14(20)21-15(3,4)5/h6-7,11,13,16H,8-10H2,1-5H3. The van der Waals surface area contributed by atoms with Crippen LogP contribution >= 0.6 is 0 Å². The highest BCUT2D eigenvalue weighted by molar-refractivity contribution is 5.69. The maximum atomic E-state index is 12.4. The van der Waals surface area contributed by atoms with E-state index in [2.05, 4.69) is 24.3 Å². The zero-order chi connectivity index (χ0) is 15.6. The van der Waals surface area contributed by atoms with E-state index in [1.807, 2.05) is 31.5 Å². The van der Waals surface area contributed by atoms with Gasteiger partial charge in [0, 0.05) is 31.9 Å². The van der Waals surface area contributed by atoms with Gasteiger partial charge >= 0.3 is 6.09 Å². The van der Waals surface area contributed by atoms with E-state index < -0.39 is 5.60 Å². The molecule has 2 rings (SSSR count). The van der Waals surface area contributed by atoms with Crippen molar-refractivity contribution < 1.29 is 9.53 Å². The van der Waals surface area contributed by atoms with Crippen molar-refractivity contribution in [3.8, 4) is 0 Å². The zero-order valence-electron chi connectivity index (χ0n) is 13.6. The molecule has 0 radical (unpaired) electrons. The van der Waals surface area contributed by atoms with Crippen molar-refractivity contribution in [2.75, 3.05) is 19.6 Å². The van der Waals surface area contributed by atoms with Crippen LogP contribution in [-0.4, -0.2) is 46.0 Å². The molecule has 1 atom stereocenters. The number of nitrogens with zero attached hydrogens (tertiary/aromatic N) is 3. The number of piperazine rings is 1. The molecule has 6 nitrogen and oxygen atoms in total. The van der Waals surface area contributed by atoms with Crippen molar-refractivity contribution in [3.05, 3.63) is 18.0 Å². The smallest absolute Gasteiger partial charge is 0.410 e. The van der Waals surface area contributed by atoms with Gasteiger partial charge in [0.1, 0.15) is 5.60 Å². The van der Waals surface area contributed by atoms with Crippen LogP contribution in [0.4, 0.5) is 4.79 Å². The molecule has 1 aromatic rings. The molecule has 1 aliphatic rings. The van der Waals surface area contributed by atoms with Crippen LogP contribution in [0.2, 0.25) is 0 Å². The third-order valence-corrected chi connectivity index (χ3v) is 3.40. The summed E-state index contributed by atoms with van der Waals surface area (Å²) in [5.74, 6) is 0. The fraction of sp³-hybridized carbons (Fsp3) is 0.733. The summed E-state index contributed by atoms with van der Waals surface area (Å²) in [5, 5.41) is 7.72. The van der Waals surface area contributed by atoms with Crippen molar-refractivity contribution >= 4 is 6.09 Å². The second-order valence-electron chi connectivity index (χ2n) is 6.69. The Bertz CT molecular complexity index is 490. The Balaban J connectivity index is 2.23. The highest BCUT2D eigenvalue weighted by atomic mass is 16.6. The Labute approximate surface area is 126 Å². The first-order chi connectivity index (χ1) is 9.79. The number of amides is 1. The first-order valence-electron chi connectivity index (χ1n) is 7.53. The maximum Gasteiger partial charge on any atom is 0.410 e. The molecule has 1 aliphatic heterocycles. The van der Waals surface area contributed by atoms with Gasteiger partial charge < -0.3 is 10.1 Å². The molecule has 1 unspecified atom stereocenters. The van der Waals surface area contributed by atoms with Crippen LogP contribution in [0.15, 0.2) is 12.3 Å². The van der Waals surface area contributed by atoms with Crippen molar-refractivity contribution in [1.82, 2.24) is 20.0 Å². The van der Waals surface area contributed by atoms with Crippen LogP contribution in [0.1, 0.15) is 52.4 Å². The molecule has 1 amide bonds. The number of nitrogens with one attached hydrogen (secondary N) is 1. The van der Waals surface area contributed by atoms with E-state index in [4.69, 9.17) is 4.74 Å². The molecular weight excluding hydrogens is 268 g/mol. The normalized spacial score (nSPS) is 19.9. The highest BCUT2D eigenvalue weighted by Gasteiger charge is 2.33. The Kier molecular flexibility index (Phi) is 4.56. The van der Waals surface area contributed by atoms with E-state index in [1.54, 1.807) is 11.1 Å². The zero-order valence-corrected chi connectivity index (χ0v) is 13.6. The van der Waals surface area contributed by atoms with Crippen molar-refractivity contribution in [2.45, 2.75) is 52.3 Å². The SMILES string of the molecule is CC(C)n1nccc1C1CNCCN1C(=O)OC(C)(C)C. The predicted octanol–water partition coefficient (Wildman–Crippen LogP) is 2.35. The van der Waals surface area contributed by atoms with Crippen LogP contribution in [-0.2, 0) is 4.74 Å². The van der Waals surface area contributed by atoms with E-state index in [1.165, 1.54) is 0 Å². The Morgan fingerprint density at radius 2 is 2.19 bits per heavy atom. The van der Waals surface area contributed by atoms with Gasteiger partial charge in [-0.2, -0.15) is 5.10 Å². The summed E-state index contributed by atoms with van der Waals surface area (Å²) in [6.45, 7) is 12.0. The van der Waals surface area contributed by atoms with E-state index >= 15 is 0 Å². The van der Waals surface area contributed by atoms with Crippen LogP contribution in [0.25, 0.3) is 0 Å². The van der Waals surface area contributed by atoms with Crippen LogP contribution in [0.5, 0.6) is 0 Å². The molecule has 0 bridgehead atoms. The van der Waals surface area contributed by atoms with Gasteiger partial charge in [-0.25, -0.2) is 4.79 Å². The van der Waals surface area contributed by atoms with E-state index in [0.29, 0.717) is 6.54 Å². The van der Waals surface area contributed by atoms with Gasteiger partial charge in [0.15, 0.2) is 0 Å². The van der Waals surface area contributed by atoms with Crippen molar-refractivity contribution in [1.29, 1.82) is 0 Å². The number of carbonyl (C=O) groups is 1. The molecule has 1 saturated heterocycles. The minimum atomic E-state index is -0.481. The van der Waals surface area contributed by atoms with Crippen LogP contribution < -0.4 is 5.32 Å². The third kappa shape index (κ3) is 3.75. The van der Waals surface area contributed by atoms with Crippen molar-refractivity contribution in [2.24, 2.45) is 0 Å². The van der Waals surface area contributed by atoms with Gasteiger partial charge in [-0.15, -0.1) is 0 Å². The summed E-state index contributed by atoms with van der Waals surface area (Å²) in [6, 6.07) is 2.20. The van der Waals surface area contributed by atoms with Gasteiger partial charge in [-0.05, 0) is 40.7 Å². The number of rotatable bonds is 2. The van der Waals surface area contributed by atoms with Gasteiger partial charge in [-0.1, -0.05) is 0 Å². The molecule has 2 heterocycles. The van der Waals surface area contributed by atoms with Gasteiger partial charge in [0.25, 0.3) is 0 Å². The van der Waals surface area contributed by atoms with E-state index in [-0.39, 0.29) is 18.2 Å². The van der Waals surface area contributed by atoms with Gasteiger partial charge in [0.2, 0.25) is 0 Å². The molecule has 1 aromatic heterocycles. The molecule has 0 aliphatic carbocycles. The lowest BCUT2D eigenvalue weighted by Crippen LogP contribution is -2.50. The number of hydrogen-bond donors (Lipinski definition) is 1. The molecule has 118 valence electrons. The van der Waals surface area contributed by atoms with E-state index in [0.717, 1.165) is 18.8 Å². The summed E-state index contributed by atoms with van der Waals surface area (Å²) in [6.07, 6.45) is 1.53. The van der Waals surface area contributed by atoms with Gasteiger partial charge in [0.05, 0.1) is 11.7 Å².